The van der Waals surface area contributed by atoms with E-state index in [1.165, 1.54) is 5.56 Å². The second kappa shape index (κ2) is 17.7. The minimum Gasteiger partial charge on any atom is -0.388 e. The number of aromatic nitrogens is 3. The van der Waals surface area contributed by atoms with Crippen LogP contribution in [-0.2, 0) is 42.3 Å². The third-order valence-corrected chi connectivity index (χ3v) is 15.1. The van der Waals surface area contributed by atoms with Gasteiger partial charge in [-0.15, -0.1) is 0 Å². The normalized spacial score (nSPS) is 22.2. The highest BCUT2D eigenvalue weighted by molar-refractivity contribution is 6.03. The van der Waals surface area contributed by atoms with Crippen molar-refractivity contribution < 1.29 is 33.1 Å². The molecule has 5 aliphatic rings. The number of rotatable bonds is 11. The summed E-state index contributed by atoms with van der Waals surface area (Å²) in [4.78, 5) is 70.2. The molecule has 5 aromatic rings. The number of fused-ring (bicyclic) bond motifs is 2. The topological polar surface area (TPSA) is 159 Å². The van der Waals surface area contributed by atoms with E-state index in [-0.39, 0.29) is 46.8 Å². The van der Waals surface area contributed by atoms with Crippen molar-refractivity contribution in [2.75, 3.05) is 49.4 Å². The van der Waals surface area contributed by atoms with Gasteiger partial charge in [0.25, 0.3) is 5.91 Å². The highest BCUT2D eigenvalue weighted by atomic mass is 19.1. The Balaban J connectivity index is 1.07. The van der Waals surface area contributed by atoms with E-state index in [2.05, 4.69) is 65.3 Å². The summed E-state index contributed by atoms with van der Waals surface area (Å²) in [5, 5.41) is 9.34. The number of carbonyl (C=O) groups is 2. The number of benzene rings is 3. The Hall–Kier alpha value is -7.45. The molecule has 2 aromatic heterocycles. The number of anilines is 3. The smallest absolute Gasteiger partial charge is 0.332 e. The van der Waals surface area contributed by atoms with Crippen molar-refractivity contribution in [1.82, 2.24) is 29.6 Å². The molecule has 4 atom stereocenters. The number of amides is 2. The molecule has 1 saturated carbocycles. The van der Waals surface area contributed by atoms with E-state index < -0.39 is 11.6 Å². The predicted octanol–water partition coefficient (Wildman–Crippen LogP) is 7.89. The minimum absolute atomic E-state index is 0.0189. The lowest BCUT2D eigenvalue weighted by Gasteiger charge is -2.36. The number of halogens is 1. The summed E-state index contributed by atoms with van der Waals surface area (Å²) in [5.41, 5.74) is 9.61. The number of hydroxylamine groups is 1. The fourth-order valence-electron chi connectivity index (χ4n) is 11.3. The van der Waals surface area contributed by atoms with Gasteiger partial charge in [-0.3, -0.25) is 19.4 Å². The average Bonchev–Trinajstić information content (AvgIpc) is 3.91. The van der Waals surface area contributed by atoms with Gasteiger partial charge < -0.3 is 29.3 Å². The van der Waals surface area contributed by atoms with Crippen LogP contribution in [0.15, 0.2) is 83.7 Å². The van der Waals surface area contributed by atoms with Crippen molar-refractivity contribution in [3.8, 4) is 5.69 Å². The van der Waals surface area contributed by atoms with Gasteiger partial charge in [-0.2, -0.15) is 10.1 Å². The Bertz CT molecular complexity index is 3190. The molecule has 368 valence electrons. The monoisotopic (exact) mass is 962 g/mol. The summed E-state index contributed by atoms with van der Waals surface area (Å²) in [5.74, 6) is 4.62. The van der Waals surface area contributed by atoms with E-state index in [0.717, 1.165) is 46.3 Å². The van der Waals surface area contributed by atoms with Crippen molar-refractivity contribution in [2.45, 2.75) is 103 Å². The van der Waals surface area contributed by atoms with Crippen LogP contribution in [0.4, 0.5) is 21.6 Å². The molecule has 1 aliphatic carbocycles. The van der Waals surface area contributed by atoms with E-state index in [1.807, 2.05) is 43.1 Å². The van der Waals surface area contributed by atoms with Gasteiger partial charge in [-0.05, 0) is 137 Å². The summed E-state index contributed by atoms with van der Waals surface area (Å²) < 4.78 is 25.2. The summed E-state index contributed by atoms with van der Waals surface area (Å²) >= 11 is 0. The molecular formula is C54H59FN10O6. The zero-order valence-electron chi connectivity index (χ0n) is 41.6. The Morgan fingerprint density at radius 3 is 2.38 bits per heavy atom. The standard InChI is InChI=1S/C54H59FN10O6/c1-31-22-40(23-32(2)49(31)55)65-50(63-20-19-62(46(63)30-67)39-13-10-35(42(26-39)56-7)12-15-47(68)60(8)9)48-34(4)61(18-16-41(48)58-65)51(69)44-25-38-24-36(37-17-21-70-53(5,6)28-37)11-14-43(38)64(44)54(27-33(54)3)52-57-45(29-66)71-59-52/h10-11,13-14,19-20,22-26,33-34,37,56H,12,15-18,21,27-28H2,1-9H3,(H,57,59)/t33-,34-,37-,54-/m0/s1. The van der Waals surface area contributed by atoms with E-state index in [0.29, 0.717) is 78.7 Å². The van der Waals surface area contributed by atoms with Crippen LogP contribution in [0, 0.1) is 25.6 Å². The Labute approximate surface area is 412 Å². The summed E-state index contributed by atoms with van der Waals surface area (Å²) in [6.07, 6.45) is 7.19. The first-order chi connectivity index (χ1) is 34.0. The minimum atomic E-state index is -0.825. The van der Waals surface area contributed by atoms with Crippen LogP contribution in [0.1, 0.15) is 109 Å². The van der Waals surface area contributed by atoms with Crippen molar-refractivity contribution >= 4 is 57.6 Å². The van der Waals surface area contributed by atoms with E-state index in [1.54, 1.807) is 77.8 Å². The zero-order chi connectivity index (χ0) is 50.3. The number of nitrogens with zero attached hydrogens (tertiary/aromatic N) is 8. The van der Waals surface area contributed by atoms with Crippen LogP contribution in [0.2, 0.25) is 0 Å². The highest BCUT2D eigenvalue weighted by Gasteiger charge is 2.60. The molecule has 2 amide bonds. The second-order valence-corrected chi connectivity index (χ2v) is 20.3. The van der Waals surface area contributed by atoms with Gasteiger partial charge in [0.1, 0.15) is 22.9 Å². The number of hydrogen-bond donors (Lipinski definition) is 2. The first kappa shape index (κ1) is 47.2. The van der Waals surface area contributed by atoms with Crippen LogP contribution < -0.4 is 20.6 Å². The van der Waals surface area contributed by atoms with Crippen LogP contribution in [0.3, 0.4) is 0 Å². The molecule has 0 unspecified atom stereocenters. The Morgan fingerprint density at radius 1 is 0.972 bits per heavy atom. The van der Waals surface area contributed by atoms with Gasteiger partial charge in [-0.25, -0.2) is 24.1 Å². The maximum atomic E-state index is 15.7. The number of aryl methyl sites for hydroxylation is 3. The van der Waals surface area contributed by atoms with Gasteiger partial charge in [0.15, 0.2) is 17.7 Å². The third-order valence-electron chi connectivity index (χ3n) is 15.1. The number of aliphatic imine (C=N–C) groups is 1. The average molecular weight is 963 g/mol. The molecule has 3 aromatic carbocycles. The lowest BCUT2D eigenvalue weighted by atomic mass is 9.83. The molecule has 0 spiro atoms. The molecule has 2 N–H and O–H groups in total. The fourth-order valence-corrected chi connectivity index (χ4v) is 11.3. The number of ether oxygens (including phenoxy) is 1. The number of nitrogens with one attached hydrogen (secondary N) is 2. The summed E-state index contributed by atoms with van der Waals surface area (Å²) in [7, 11) is 5.29. The van der Waals surface area contributed by atoms with Gasteiger partial charge in [0, 0.05) is 87.4 Å². The Kier molecular flexibility index (Phi) is 11.8. The van der Waals surface area contributed by atoms with Gasteiger partial charge in [0.2, 0.25) is 11.7 Å². The van der Waals surface area contributed by atoms with Crippen LogP contribution in [0.25, 0.3) is 16.6 Å². The molecule has 2 fully saturated rings. The molecular weight excluding hydrogens is 904 g/mol. The lowest BCUT2D eigenvalue weighted by molar-refractivity contribution is -0.128. The summed E-state index contributed by atoms with van der Waals surface area (Å²) in [6.45, 7) is 12.7. The highest BCUT2D eigenvalue weighted by Crippen LogP contribution is 2.55. The predicted molar refractivity (Wildman–Crippen MR) is 269 cm³/mol. The van der Waals surface area contributed by atoms with Gasteiger partial charge in [-0.1, -0.05) is 19.1 Å². The van der Waals surface area contributed by atoms with Crippen LogP contribution in [-0.4, -0.2) is 93.6 Å². The molecule has 10 rings (SSSR count). The number of hydrogen-bond acceptors (Lipinski definition) is 12. The van der Waals surface area contributed by atoms with Crippen LogP contribution >= 0.6 is 0 Å². The SMILES string of the molecule is CNc1cc(N2C=CN(c3c4c(nn3-c3cc(C)c(F)c(C)c3)CCN(C(=O)c3cc5cc([C@H]6CCOC(C)(C)C6)ccc5n3[C@@]3(C5=NC(=C=O)ON5)C[C@@H]3C)[C@H]4C)C2=C=O)ccc1CCC(=O)N(C)C. The Morgan fingerprint density at radius 2 is 1.72 bits per heavy atom. The fraction of sp³-hybridized carbons (Fsp3) is 0.407. The van der Waals surface area contributed by atoms with E-state index in [9.17, 15) is 14.4 Å². The van der Waals surface area contributed by atoms with Crippen molar-refractivity contribution in [3.63, 3.8) is 0 Å². The zero-order valence-corrected chi connectivity index (χ0v) is 41.6. The van der Waals surface area contributed by atoms with Crippen molar-refractivity contribution in [3.05, 3.63) is 124 Å². The van der Waals surface area contributed by atoms with Gasteiger partial charge >= 0.3 is 5.88 Å². The second-order valence-electron chi connectivity index (χ2n) is 20.3. The largest absolute Gasteiger partial charge is 0.388 e. The van der Waals surface area contributed by atoms with Gasteiger partial charge in [0.05, 0.1) is 23.0 Å². The molecule has 0 bridgehead atoms. The number of amidine groups is 1. The third kappa shape index (κ3) is 7.98. The van der Waals surface area contributed by atoms with E-state index >= 15 is 9.18 Å². The molecule has 1 saturated heterocycles. The van der Waals surface area contributed by atoms with Crippen molar-refractivity contribution in [1.29, 1.82) is 0 Å². The first-order valence-electron chi connectivity index (χ1n) is 24.3. The molecule has 71 heavy (non-hydrogen) atoms. The molecule has 0 radical (unpaired) electrons. The maximum absolute atomic E-state index is 15.7. The lowest BCUT2D eigenvalue weighted by Crippen LogP contribution is -2.43. The number of carbonyl (C=O) groups excluding carboxylic acids is 4. The molecule has 6 heterocycles. The maximum Gasteiger partial charge on any atom is 0.332 e. The molecule has 16 nitrogen and oxygen atoms in total. The summed E-state index contributed by atoms with van der Waals surface area (Å²) in [6, 6.07) is 17.1. The molecule has 4 aliphatic heterocycles. The van der Waals surface area contributed by atoms with Crippen molar-refractivity contribution in [2.24, 2.45) is 10.9 Å². The quantitative estimate of drug-likeness (QED) is 0.124. The molecule has 17 heteroatoms. The van der Waals surface area contributed by atoms with Crippen LogP contribution in [0.5, 0.6) is 0 Å². The first-order valence-corrected chi connectivity index (χ1v) is 24.3. The van der Waals surface area contributed by atoms with E-state index in [4.69, 9.17) is 14.7 Å².